The second-order valence-electron chi connectivity index (χ2n) is 4.12. The van der Waals surface area contributed by atoms with Crippen LogP contribution in [0.1, 0.15) is 12.0 Å². The van der Waals surface area contributed by atoms with Crippen molar-refractivity contribution in [2.45, 2.75) is 6.42 Å². The number of nitriles is 1. The van der Waals surface area contributed by atoms with Gasteiger partial charge in [0, 0.05) is 12.5 Å². The monoisotopic (exact) mass is 287 g/mol. The number of rotatable bonds is 6. The molecule has 0 amide bonds. The van der Waals surface area contributed by atoms with Crippen LogP contribution in [-0.2, 0) is 0 Å². The molecule has 0 spiro atoms. The lowest BCUT2D eigenvalue weighted by atomic mass is 10.2. The quantitative estimate of drug-likeness (QED) is 0.753. The van der Waals surface area contributed by atoms with Crippen LogP contribution in [0.4, 0.5) is 0 Å². The molecule has 0 bridgehead atoms. The van der Waals surface area contributed by atoms with Gasteiger partial charge in [0.2, 0.25) is 0 Å². The maximum absolute atomic E-state index is 8.77. The summed E-state index contributed by atoms with van der Waals surface area (Å²) in [6, 6.07) is 16.7. The van der Waals surface area contributed by atoms with Crippen LogP contribution in [0.2, 0.25) is 5.02 Å². The fraction of sp³-hybridized carbons (Fsp3) is 0.188. The number of ether oxygens (including phenoxy) is 2. The number of benzene rings is 2. The molecule has 20 heavy (non-hydrogen) atoms. The highest BCUT2D eigenvalue weighted by Gasteiger charge is 2.01. The number of hydrogen-bond donors (Lipinski definition) is 0. The molecular formula is C16H14ClNO2. The van der Waals surface area contributed by atoms with Crippen LogP contribution in [0.5, 0.6) is 11.5 Å². The molecule has 2 rings (SSSR count). The maximum Gasteiger partial charge on any atom is 0.120 e. The van der Waals surface area contributed by atoms with Crippen molar-refractivity contribution >= 4 is 11.6 Å². The van der Waals surface area contributed by atoms with Crippen LogP contribution in [0.25, 0.3) is 0 Å². The van der Waals surface area contributed by atoms with Crippen molar-refractivity contribution in [3.05, 3.63) is 59.1 Å². The van der Waals surface area contributed by atoms with E-state index in [1.165, 1.54) is 0 Å². The van der Waals surface area contributed by atoms with Crippen molar-refractivity contribution in [2.75, 3.05) is 13.2 Å². The molecule has 0 atom stereocenters. The van der Waals surface area contributed by atoms with Crippen LogP contribution < -0.4 is 9.47 Å². The third kappa shape index (κ3) is 4.18. The molecule has 0 aliphatic carbocycles. The number of nitrogens with zero attached hydrogens (tertiary/aromatic N) is 1. The van der Waals surface area contributed by atoms with Gasteiger partial charge in [-0.25, -0.2) is 0 Å². The van der Waals surface area contributed by atoms with Crippen molar-refractivity contribution in [1.82, 2.24) is 0 Å². The fourth-order valence-electron chi connectivity index (χ4n) is 1.63. The van der Waals surface area contributed by atoms with E-state index in [4.69, 9.17) is 26.3 Å². The average molecular weight is 288 g/mol. The largest absolute Gasteiger partial charge is 0.493 e. The summed E-state index contributed by atoms with van der Waals surface area (Å²) in [6.45, 7) is 1.13. The van der Waals surface area contributed by atoms with Crippen LogP contribution in [-0.4, -0.2) is 13.2 Å². The molecule has 3 nitrogen and oxygen atoms in total. The Labute approximate surface area is 123 Å². The lowest BCUT2D eigenvalue weighted by Gasteiger charge is -2.08. The van der Waals surface area contributed by atoms with E-state index in [1.54, 1.807) is 18.2 Å². The minimum atomic E-state index is 0.408. The van der Waals surface area contributed by atoms with Gasteiger partial charge in [-0.15, -0.1) is 0 Å². The van der Waals surface area contributed by atoms with Crippen molar-refractivity contribution in [1.29, 1.82) is 5.26 Å². The highest BCUT2D eigenvalue weighted by atomic mass is 35.5. The van der Waals surface area contributed by atoms with E-state index in [0.717, 1.165) is 12.2 Å². The summed E-state index contributed by atoms with van der Waals surface area (Å²) in [5, 5.41) is 9.18. The van der Waals surface area contributed by atoms with E-state index in [9.17, 15) is 0 Å². The van der Waals surface area contributed by atoms with Crippen molar-refractivity contribution in [3.63, 3.8) is 0 Å². The molecule has 0 aliphatic rings. The van der Waals surface area contributed by atoms with Gasteiger partial charge in [-0.3, -0.25) is 0 Å². The zero-order chi connectivity index (χ0) is 14.2. The topological polar surface area (TPSA) is 42.2 Å². The highest BCUT2D eigenvalue weighted by molar-refractivity contribution is 6.31. The summed E-state index contributed by atoms with van der Waals surface area (Å²) in [5.41, 5.74) is 0.450. The smallest absolute Gasteiger partial charge is 0.120 e. The summed E-state index contributed by atoms with van der Waals surface area (Å²) in [7, 11) is 0. The molecule has 4 heteroatoms. The second-order valence-corrected chi connectivity index (χ2v) is 4.52. The molecule has 102 valence electrons. The first-order valence-corrected chi connectivity index (χ1v) is 6.67. The molecule has 0 heterocycles. The second kappa shape index (κ2) is 7.42. The van der Waals surface area contributed by atoms with Crippen LogP contribution >= 0.6 is 11.6 Å². The first kappa shape index (κ1) is 14.2. The van der Waals surface area contributed by atoms with E-state index < -0.39 is 0 Å². The Morgan fingerprint density at radius 3 is 2.30 bits per heavy atom. The maximum atomic E-state index is 8.77. The lowest BCUT2D eigenvalue weighted by Crippen LogP contribution is -2.05. The third-order valence-corrected chi connectivity index (χ3v) is 2.94. The minimum Gasteiger partial charge on any atom is -0.493 e. The molecule has 0 aliphatic heterocycles. The Morgan fingerprint density at radius 2 is 1.65 bits per heavy atom. The molecular weight excluding hydrogens is 274 g/mol. The van der Waals surface area contributed by atoms with Gasteiger partial charge in [0.25, 0.3) is 0 Å². The SMILES string of the molecule is N#Cc1ccc(OCCCOc2ccccc2)cc1Cl. The Balaban J connectivity index is 1.71. The summed E-state index contributed by atoms with van der Waals surface area (Å²) in [4.78, 5) is 0. The van der Waals surface area contributed by atoms with Gasteiger partial charge < -0.3 is 9.47 Å². The first-order valence-electron chi connectivity index (χ1n) is 6.30. The van der Waals surface area contributed by atoms with Crippen LogP contribution in [0.3, 0.4) is 0 Å². The Bertz CT molecular complexity index is 593. The first-order chi connectivity index (χ1) is 9.79. The van der Waals surface area contributed by atoms with Crippen molar-refractivity contribution in [2.24, 2.45) is 0 Å². The predicted octanol–water partition coefficient (Wildman–Crippen LogP) is 4.06. The van der Waals surface area contributed by atoms with E-state index in [0.29, 0.717) is 29.5 Å². The molecule has 0 radical (unpaired) electrons. The molecule has 0 aromatic heterocycles. The van der Waals surface area contributed by atoms with E-state index >= 15 is 0 Å². The molecule has 0 saturated heterocycles. The summed E-state index contributed by atoms with van der Waals surface area (Å²) in [6.07, 6.45) is 0.770. The Kier molecular flexibility index (Phi) is 5.28. The standard InChI is InChI=1S/C16H14ClNO2/c17-16-11-15(8-7-13(16)12-18)20-10-4-9-19-14-5-2-1-3-6-14/h1-3,5-8,11H,4,9-10H2. The Morgan fingerprint density at radius 1 is 0.950 bits per heavy atom. The molecule has 0 fully saturated rings. The molecule has 2 aromatic rings. The van der Waals surface area contributed by atoms with E-state index in [2.05, 4.69) is 0 Å². The average Bonchev–Trinajstić information content (AvgIpc) is 2.48. The third-order valence-electron chi connectivity index (χ3n) is 2.63. The normalized spacial score (nSPS) is 9.80. The molecule has 0 N–H and O–H groups in total. The van der Waals surface area contributed by atoms with Gasteiger partial charge in [0.1, 0.15) is 17.6 Å². The number of hydrogen-bond acceptors (Lipinski definition) is 3. The van der Waals surface area contributed by atoms with Gasteiger partial charge in [-0.1, -0.05) is 29.8 Å². The van der Waals surface area contributed by atoms with Gasteiger partial charge in [0.05, 0.1) is 23.8 Å². The van der Waals surface area contributed by atoms with Crippen molar-refractivity contribution in [3.8, 4) is 17.6 Å². The summed E-state index contributed by atoms with van der Waals surface area (Å²) < 4.78 is 11.1. The van der Waals surface area contributed by atoms with Crippen LogP contribution in [0, 0.1) is 11.3 Å². The van der Waals surface area contributed by atoms with E-state index in [1.807, 2.05) is 36.4 Å². The Hall–Kier alpha value is -2.18. The summed E-state index contributed by atoms with van der Waals surface area (Å²) >= 11 is 5.92. The zero-order valence-electron chi connectivity index (χ0n) is 10.9. The predicted molar refractivity (Wildman–Crippen MR) is 78.2 cm³/mol. The lowest BCUT2D eigenvalue weighted by molar-refractivity contribution is 0.247. The molecule has 2 aromatic carbocycles. The van der Waals surface area contributed by atoms with Crippen molar-refractivity contribution < 1.29 is 9.47 Å². The highest BCUT2D eigenvalue weighted by Crippen LogP contribution is 2.21. The number of para-hydroxylation sites is 1. The minimum absolute atomic E-state index is 0.408. The van der Waals surface area contributed by atoms with Gasteiger partial charge in [0.15, 0.2) is 0 Å². The van der Waals surface area contributed by atoms with Gasteiger partial charge in [-0.2, -0.15) is 5.26 Å². The summed E-state index contributed by atoms with van der Waals surface area (Å²) in [5.74, 6) is 1.52. The van der Waals surface area contributed by atoms with E-state index in [-0.39, 0.29) is 0 Å². The fourth-order valence-corrected chi connectivity index (χ4v) is 1.84. The van der Waals surface area contributed by atoms with Crippen LogP contribution in [0.15, 0.2) is 48.5 Å². The molecule has 0 unspecified atom stereocenters. The zero-order valence-corrected chi connectivity index (χ0v) is 11.6. The van der Waals surface area contributed by atoms with Gasteiger partial charge in [-0.05, 0) is 24.3 Å². The molecule has 0 saturated carbocycles. The van der Waals surface area contributed by atoms with Gasteiger partial charge >= 0.3 is 0 Å². The number of halogens is 1.